The molecule has 2 rings (SSSR count). The Morgan fingerprint density at radius 2 is 1.90 bits per heavy atom. The molecule has 4 nitrogen and oxygen atoms in total. The van der Waals surface area contributed by atoms with E-state index in [1.807, 2.05) is 12.1 Å². The van der Waals surface area contributed by atoms with Crippen molar-refractivity contribution in [1.29, 1.82) is 0 Å². The molecule has 0 bridgehead atoms. The molecule has 0 aliphatic rings. The highest BCUT2D eigenvalue weighted by Gasteiger charge is 2.21. The van der Waals surface area contributed by atoms with Crippen LogP contribution in [0.2, 0.25) is 0 Å². The molecule has 0 radical (unpaired) electrons. The molecule has 0 aliphatic heterocycles. The van der Waals surface area contributed by atoms with E-state index in [-0.39, 0.29) is 5.75 Å². The maximum Gasteiger partial charge on any atom is 0.346 e. The van der Waals surface area contributed by atoms with Gasteiger partial charge in [0.05, 0.1) is 4.92 Å². The minimum atomic E-state index is -0.907. The standard InChI is InChI=1S/C15H14FNO3/c1-2-4-11-7-9-12(10-8-11)20-14-6-3-5-13(16)15(14)17(18)19/h3,5-10H,2,4H2,1H3. The summed E-state index contributed by atoms with van der Waals surface area (Å²) in [6, 6.07) is 11.0. The van der Waals surface area contributed by atoms with Crippen molar-refractivity contribution in [2.24, 2.45) is 0 Å². The van der Waals surface area contributed by atoms with Gasteiger partial charge < -0.3 is 4.74 Å². The number of nitrogens with zero attached hydrogens (tertiary/aromatic N) is 1. The number of hydrogen-bond acceptors (Lipinski definition) is 3. The Morgan fingerprint density at radius 1 is 1.20 bits per heavy atom. The fraction of sp³-hybridized carbons (Fsp3) is 0.200. The lowest BCUT2D eigenvalue weighted by molar-refractivity contribution is -0.388. The number of para-hydroxylation sites is 1. The fourth-order valence-corrected chi connectivity index (χ4v) is 1.89. The Hall–Kier alpha value is -2.43. The quantitative estimate of drug-likeness (QED) is 0.597. The molecule has 0 saturated heterocycles. The maximum atomic E-state index is 13.4. The lowest BCUT2D eigenvalue weighted by Gasteiger charge is -2.07. The van der Waals surface area contributed by atoms with Crippen molar-refractivity contribution in [1.82, 2.24) is 0 Å². The average Bonchev–Trinajstić information content (AvgIpc) is 2.41. The molecule has 20 heavy (non-hydrogen) atoms. The summed E-state index contributed by atoms with van der Waals surface area (Å²) in [7, 11) is 0. The predicted molar refractivity (Wildman–Crippen MR) is 73.6 cm³/mol. The van der Waals surface area contributed by atoms with Gasteiger partial charge in [0.2, 0.25) is 11.6 Å². The van der Waals surface area contributed by atoms with Crippen molar-refractivity contribution in [3.63, 3.8) is 0 Å². The molecule has 2 aromatic rings. The van der Waals surface area contributed by atoms with Crippen LogP contribution in [0.5, 0.6) is 11.5 Å². The summed E-state index contributed by atoms with van der Waals surface area (Å²) in [6.45, 7) is 2.08. The van der Waals surface area contributed by atoms with Crippen molar-refractivity contribution in [3.8, 4) is 11.5 Å². The molecule has 0 amide bonds. The number of nitro benzene ring substituents is 1. The summed E-state index contributed by atoms with van der Waals surface area (Å²) >= 11 is 0. The average molecular weight is 275 g/mol. The van der Waals surface area contributed by atoms with E-state index < -0.39 is 16.4 Å². The van der Waals surface area contributed by atoms with Crippen LogP contribution < -0.4 is 4.74 Å². The highest BCUT2D eigenvalue weighted by atomic mass is 19.1. The Labute approximate surface area is 116 Å². The lowest BCUT2D eigenvalue weighted by atomic mass is 10.1. The SMILES string of the molecule is CCCc1ccc(Oc2cccc(F)c2[N+](=O)[O-])cc1. The molecule has 5 heteroatoms. The predicted octanol–water partition coefficient (Wildman–Crippen LogP) is 4.48. The Balaban J connectivity index is 2.26. The van der Waals surface area contributed by atoms with Gasteiger partial charge in [-0.2, -0.15) is 4.39 Å². The summed E-state index contributed by atoms with van der Waals surface area (Å²) in [5.41, 5.74) is 0.513. The third kappa shape index (κ3) is 3.12. The molecule has 0 aliphatic carbocycles. The van der Waals surface area contributed by atoms with Crippen molar-refractivity contribution in [2.75, 3.05) is 0 Å². The van der Waals surface area contributed by atoms with Gasteiger partial charge in [0.15, 0.2) is 0 Å². The summed E-state index contributed by atoms with van der Waals surface area (Å²) in [5.74, 6) is -0.563. The molecule has 0 unspecified atom stereocenters. The third-order valence-corrected chi connectivity index (χ3v) is 2.82. The maximum absolute atomic E-state index is 13.4. The smallest absolute Gasteiger partial charge is 0.346 e. The molecule has 104 valence electrons. The minimum absolute atomic E-state index is 0.0989. The number of rotatable bonds is 5. The van der Waals surface area contributed by atoms with Gasteiger partial charge in [-0.25, -0.2) is 0 Å². The monoisotopic (exact) mass is 275 g/mol. The van der Waals surface area contributed by atoms with Crippen molar-refractivity contribution in [3.05, 3.63) is 64.0 Å². The van der Waals surface area contributed by atoms with Crippen LogP contribution in [0.25, 0.3) is 0 Å². The number of ether oxygens (including phenoxy) is 1. The first kappa shape index (κ1) is 14.0. The van der Waals surface area contributed by atoms with E-state index in [0.29, 0.717) is 5.75 Å². The van der Waals surface area contributed by atoms with Crippen LogP contribution in [0, 0.1) is 15.9 Å². The van der Waals surface area contributed by atoms with Crippen molar-refractivity contribution >= 4 is 5.69 Å². The summed E-state index contributed by atoms with van der Waals surface area (Å²) in [4.78, 5) is 10.1. The van der Waals surface area contributed by atoms with Crippen LogP contribution in [0.15, 0.2) is 42.5 Å². The highest BCUT2D eigenvalue weighted by Crippen LogP contribution is 2.33. The second kappa shape index (κ2) is 6.14. The first-order valence-electron chi connectivity index (χ1n) is 6.31. The number of hydrogen-bond donors (Lipinski definition) is 0. The van der Waals surface area contributed by atoms with Gasteiger partial charge in [-0.05, 0) is 36.2 Å². The molecule has 0 spiro atoms. The second-order valence-electron chi connectivity index (χ2n) is 4.34. The third-order valence-electron chi connectivity index (χ3n) is 2.82. The van der Waals surface area contributed by atoms with E-state index in [0.717, 1.165) is 24.5 Å². The number of benzene rings is 2. The van der Waals surface area contributed by atoms with Crippen LogP contribution in [0.4, 0.5) is 10.1 Å². The van der Waals surface area contributed by atoms with E-state index >= 15 is 0 Å². The molecule has 0 N–H and O–H groups in total. The second-order valence-corrected chi connectivity index (χ2v) is 4.34. The lowest BCUT2D eigenvalue weighted by Crippen LogP contribution is -1.96. The van der Waals surface area contributed by atoms with Gasteiger partial charge in [-0.1, -0.05) is 31.5 Å². The fourth-order valence-electron chi connectivity index (χ4n) is 1.89. The number of nitro groups is 1. The Kier molecular flexibility index (Phi) is 4.30. The van der Waals surface area contributed by atoms with Gasteiger partial charge in [0.25, 0.3) is 0 Å². The van der Waals surface area contributed by atoms with E-state index in [1.54, 1.807) is 12.1 Å². The van der Waals surface area contributed by atoms with Crippen molar-refractivity contribution in [2.45, 2.75) is 19.8 Å². The van der Waals surface area contributed by atoms with E-state index in [2.05, 4.69) is 6.92 Å². The molecular formula is C15H14FNO3. The summed E-state index contributed by atoms with van der Waals surface area (Å²) < 4.78 is 18.8. The van der Waals surface area contributed by atoms with E-state index in [1.165, 1.54) is 12.1 Å². The van der Waals surface area contributed by atoms with Crippen LogP contribution >= 0.6 is 0 Å². The van der Waals surface area contributed by atoms with Crippen LogP contribution in [0.3, 0.4) is 0 Å². The van der Waals surface area contributed by atoms with Gasteiger partial charge in [0, 0.05) is 0 Å². The van der Waals surface area contributed by atoms with E-state index in [9.17, 15) is 14.5 Å². The molecule has 2 aromatic carbocycles. The van der Waals surface area contributed by atoms with Gasteiger partial charge >= 0.3 is 5.69 Å². The molecule has 0 aromatic heterocycles. The zero-order chi connectivity index (χ0) is 14.5. The summed E-state index contributed by atoms with van der Waals surface area (Å²) in [5, 5.41) is 10.9. The highest BCUT2D eigenvalue weighted by molar-refractivity contribution is 5.49. The Bertz CT molecular complexity index is 611. The number of halogens is 1. The zero-order valence-corrected chi connectivity index (χ0v) is 11.0. The normalized spacial score (nSPS) is 10.3. The summed E-state index contributed by atoms with van der Waals surface area (Å²) in [6.07, 6.45) is 2.00. The zero-order valence-electron chi connectivity index (χ0n) is 11.0. The number of aryl methyl sites for hydroxylation is 1. The van der Waals surface area contributed by atoms with Crippen LogP contribution in [-0.4, -0.2) is 4.92 Å². The molecule has 0 saturated carbocycles. The first-order valence-corrected chi connectivity index (χ1v) is 6.31. The van der Waals surface area contributed by atoms with Crippen LogP contribution in [-0.2, 0) is 6.42 Å². The first-order chi connectivity index (χ1) is 9.61. The Morgan fingerprint density at radius 3 is 2.50 bits per heavy atom. The molecule has 0 atom stereocenters. The minimum Gasteiger partial charge on any atom is -0.450 e. The molecule has 0 fully saturated rings. The largest absolute Gasteiger partial charge is 0.450 e. The van der Waals surface area contributed by atoms with Gasteiger partial charge in [-0.15, -0.1) is 0 Å². The van der Waals surface area contributed by atoms with Gasteiger partial charge in [-0.3, -0.25) is 10.1 Å². The van der Waals surface area contributed by atoms with Crippen LogP contribution in [0.1, 0.15) is 18.9 Å². The van der Waals surface area contributed by atoms with Gasteiger partial charge in [0.1, 0.15) is 5.75 Å². The molecule has 0 heterocycles. The molecular weight excluding hydrogens is 261 g/mol. The van der Waals surface area contributed by atoms with Crippen molar-refractivity contribution < 1.29 is 14.1 Å². The van der Waals surface area contributed by atoms with E-state index in [4.69, 9.17) is 4.74 Å². The topological polar surface area (TPSA) is 52.4 Å².